The maximum Gasteiger partial charge on any atom is 0.251 e. The molecule has 0 saturated carbocycles. The molecular formula is C26H36ClFN8O. The summed E-state index contributed by atoms with van der Waals surface area (Å²) in [6.07, 6.45) is 12.3. The van der Waals surface area contributed by atoms with E-state index in [9.17, 15) is 9.18 Å². The third kappa shape index (κ3) is 8.06. The predicted molar refractivity (Wildman–Crippen MR) is 148 cm³/mol. The van der Waals surface area contributed by atoms with Gasteiger partial charge in [0.05, 0.1) is 31.0 Å². The van der Waals surface area contributed by atoms with E-state index in [2.05, 4.69) is 45.6 Å². The molecule has 1 fully saturated rings. The fourth-order valence-electron chi connectivity index (χ4n) is 4.18. The van der Waals surface area contributed by atoms with Gasteiger partial charge >= 0.3 is 0 Å². The monoisotopic (exact) mass is 530 g/mol. The summed E-state index contributed by atoms with van der Waals surface area (Å²) in [6, 6.07) is -0.398. The molecule has 0 aromatic heterocycles. The van der Waals surface area contributed by atoms with Crippen LogP contribution in [0, 0.1) is 5.92 Å². The summed E-state index contributed by atoms with van der Waals surface area (Å²) in [5, 5.41) is 9.54. The van der Waals surface area contributed by atoms with E-state index in [1.165, 1.54) is 12.2 Å². The van der Waals surface area contributed by atoms with Crippen LogP contribution in [0.1, 0.15) is 19.3 Å². The maximum absolute atomic E-state index is 13.7. The Morgan fingerprint density at radius 1 is 1.41 bits per heavy atom. The average Bonchev–Trinajstić information content (AvgIpc) is 3.29. The largest absolute Gasteiger partial charge is 0.359 e. The number of amides is 1. The fraction of sp³-hybridized carbons (Fsp3) is 0.423. The van der Waals surface area contributed by atoms with E-state index in [1.54, 1.807) is 30.4 Å². The summed E-state index contributed by atoms with van der Waals surface area (Å²) in [6.45, 7) is 13.1. The second-order valence-electron chi connectivity index (χ2n) is 9.11. The molecule has 5 atom stereocenters. The summed E-state index contributed by atoms with van der Waals surface area (Å²) in [5.41, 5.74) is 7.26. The van der Waals surface area contributed by atoms with Crippen LogP contribution in [-0.2, 0) is 4.79 Å². The minimum atomic E-state index is -1.04. The number of carbonyl (C=O) groups is 1. The molecule has 0 aromatic rings. The van der Waals surface area contributed by atoms with Gasteiger partial charge in [0, 0.05) is 48.7 Å². The molecule has 4 unspecified atom stereocenters. The molecule has 1 aliphatic carbocycles. The van der Waals surface area contributed by atoms with Gasteiger partial charge < -0.3 is 25.8 Å². The van der Waals surface area contributed by atoms with E-state index in [1.807, 2.05) is 12.3 Å². The first-order valence-electron chi connectivity index (χ1n) is 12.2. The molecule has 9 nitrogen and oxygen atoms in total. The van der Waals surface area contributed by atoms with Crippen LogP contribution in [0.5, 0.6) is 0 Å². The Bertz CT molecular complexity index is 1040. The van der Waals surface area contributed by atoms with Crippen molar-refractivity contribution in [1.29, 1.82) is 0 Å². The zero-order chi connectivity index (χ0) is 26.9. The van der Waals surface area contributed by atoms with Gasteiger partial charge in [-0.3, -0.25) is 15.5 Å². The molecule has 200 valence electrons. The number of alkyl halides is 1. The predicted octanol–water partition coefficient (Wildman–Crippen LogP) is 2.45. The van der Waals surface area contributed by atoms with Crippen molar-refractivity contribution < 1.29 is 9.18 Å². The number of halogens is 2. The molecule has 0 aromatic carbocycles. The van der Waals surface area contributed by atoms with Crippen LogP contribution >= 0.6 is 11.6 Å². The van der Waals surface area contributed by atoms with Crippen molar-refractivity contribution >= 4 is 30.1 Å². The van der Waals surface area contributed by atoms with E-state index in [0.717, 1.165) is 19.4 Å². The van der Waals surface area contributed by atoms with Crippen LogP contribution in [0.15, 0.2) is 82.3 Å². The molecule has 0 spiro atoms. The quantitative estimate of drug-likeness (QED) is 0.133. The Kier molecular flexibility index (Phi) is 10.1. The molecule has 2 heterocycles. The van der Waals surface area contributed by atoms with Crippen molar-refractivity contribution in [1.82, 2.24) is 25.8 Å². The highest BCUT2D eigenvalue weighted by molar-refractivity contribution is 6.29. The highest BCUT2D eigenvalue weighted by atomic mass is 35.5. The number of carbonyl (C=O) groups excluding carboxylic acids is 1. The fourth-order valence-corrected chi connectivity index (χ4v) is 4.44. The van der Waals surface area contributed by atoms with Gasteiger partial charge in [0.1, 0.15) is 12.0 Å². The van der Waals surface area contributed by atoms with Crippen molar-refractivity contribution in [2.45, 2.75) is 43.8 Å². The first kappa shape index (κ1) is 28.2. The van der Waals surface area contributed by atoms with E-state index in [0.29, 0.717) is 35.3 Å². The van der Waals surface area contributed by atoms with Crippen LogP contribution in [0.2, 0.25) is 0 Å². The minimum Gasteiger partial charge on any atom is -0.359 e. The van der Waals surface area contributed by atoms with Crippen molar-refractivity contribution in [2.24, 2.45) is 21.6 Å². The lowest BCUT2D eigenvalue weighted by Gasteiger charge is -2.26. The smallest absolute Gasteiger partial charge is 0.251 e. The van der Waals surface area contributed by atoms with Crippen LogP contribution in [0.3, 0.4) is 0 Å². The lowest BCUT2D eigenvalue weighted by atomic mass is 9.96. The van der Waals surface area contributed by atoms with Crippen molar-refractivity contribution in [3.63, 3.8) is 0 Å². The van der Waals surface area contributed by atoms with Gasteiger partial charge in [0.2, 0.25) is 0 Å². The number of aliphatic imine (C=N–C) groups is 2. The van der Waals surface area contributed by atoms with Gasteiger partial charge in [-0.15, -0.1) is 6.58 Å². The first-order chi connectivity index (χ1) is 17.7. The Labute approximate surface area is 223 Å². The Hall–Kier alpha value is -3.37. The zero-order valence-electron chi connectivity index (χ0n) is 21.1. The Balaban J connectivity index is 1.61. The number of nitrogens with two attached hydrogens (primary N) is 1. The van der Waals surface area contributed by atoms with Crippen molar-refractivity contribution in [3.05, 3.63) is 72.4 Å². The van der Waals surface area contributed by atoms with Gasteiger partial charge in [-0.05, 0) is 25.0 Å². The Morgan fingerprint density at radius 2 is 2.19 bits per heavy atom. The summed E-state index contributed by atoms with van der Waals surface area (Å²) in [7, 11) is 1.71. The van der Waals surface area contributed by atoms with Crippen molar-refractivity contribution in [2.75, 3.05) is 20.3 Å². The normalized spacial score (nSPS) is 24.4. The highest BCUT2D eigenvalue weighted by Gasteiger charge is 2.26. The molecule has 5 N–H and O–H groups in total. The number of likely N-dealkylation sites (N-methyl/N-ethyl adjacent to an activating group) is 1. The topological polar surface area (TPSA) is 110 Å². The van der Waals surface area contributed by atoms with Gasteiger partial charge in [0.15, 0.2) is 6.29 Å². The molecule has 37 heavy (non-hydrogen) atoms. The second-order valence-corrected chi connectivity index (χ2v) is 9.59. The molecule has 3 rings (SSSR count). The number of allylic oxidation sites excluding steroid dienone is 3. The molecule has 2 aliphatic heterocycles. The SMILES string of the molecule is C=CC(N=C[C@@H]1CCCN1C=NC(N)NC1=CC(=O)N(C)CN1)C(C(=C)Cl)C(=C)NC1=CC(F)CC=C1. The molecule has 0 bridgehead atoms. The summed E-state index contributed by atoms with van der Waals surface area (Å²) >= 11 is 6.35. The van der Waals surface area contributed by atoms with Crippen LogP contribution in [0.25, 0.3) is 0 Å². The van der Waals surface area contributed by atoms with E-state index < -0.39 is 24.4 Å². The molecule has 1 saturated heterocycles. The standard InChI is InChI=1S/C26H36ClFN8O/c1-5-22(25(17(2)27)18(3)33-20-9-6-8-19(28)12-20)30-14-21-10-7-11-36(21)16-32-26(29)34-23-13-24(37)35(4)15-31-23/h5-6,9,12-14,16,19,21-22,25-26,31,33-34H,1-3,7-8,10-11,15,29H2,4H3/t19?,21-,22?,25?,26?/m0/s1. The molecule has 3 aliphatic rings. The highest BCUT2D eigenvalue weighted by Crippen LogP contribution is 2.28. The van der Waals surface area contributed by atoms with Crippen molar-refractivity contribution in [3.8, 4) is 0 Å². The van der Waals surface area contributed by atoms with E-state index in [-0.39, 0.29) is 11.9 Å². The van der Waals surface area contributed by atoms with Gasteiger partial charge in [0.25, 0.3) is 5.91 Å². The van der Waals surface area contributed by atoms with Crippen LogP contribution < -0.4 is 21.7 Å². The average molecular weight is 531 g/mol. The van der Waals surface area contributed by atoms with Gasteiger partial charge in [-0.25, -0.2) is 9.38 Å². The molecular weight excluding hydrogens is 495 g/mol. The molecule has 11 heteroatoms. The Morgan fingerprint density at radius 3 is 2.86 bits per heavy atom. The number of rotatable bonds is 12. The molecule has 0 radical (unpaired) electrons. The summed E-state index contributed by atoms with van der Waals surface area (Å²) in [5.74, 6) is -0.0212. The van der Waals surface area contributed by atoms with E-state index >= 15 is 0 Å². The lowest BCUT2D eigenvalue weighted by Crippen LogP contribution is -2.47. The molecule has 1 amide bonds. The van der Waals surface area contributed by atoms with Crippen LogP contribution in [0.4, 0.5) is 4.39 Å². The summed E-state index contributed by atoms with van der Waals surface area (Å²) in [4.78, 5) is 24.5. The summed E-state index contributed by atoms with van der Waals surface area (Å²) < 4.78 is 13.7. The second kappa shape index (κ2) is 13.3. The number of nitrogens with one attached hydrogen (secondary N) is 3. The van der Waals surface area contributed by atoms with Crippen LogP contribution in [-0.4, -0.2) is 73.1 Å². The third-order valence-electron chi connectivity index (χ3n) is 6.22. The van der Waals surface area contributed by atoms with E-state index in [4.69, 9.17) is 22.3 Å². The first-order valence-corrected chi connectivity index (χ1v) is 12.6. The lowest BCUT2D eigenvalue weighted by molar-refractivity contribution is -0.125. The zero-order valence-corrected chi connectivity index (χ0v) is 21.9. The number of hydrogen-bond acceptors (Lipinski definition) is 7. The third-order valence-corrected chi connectivity index (χ3v) is 6.46. The van der Waals surface area contributed by atoms with Gasteiger partial charge in [-0.1, -0.05) is 36.9 Å². The number of likely N-dealkylation sites (tertiary alicyclic amines) is 1. The number of nitrogens with zero attached hydrogens (tertiary/aromatic N) is 4. The maximum atomic E-state index is 13.7. The minimum absolute atomic E-state index is 0.0161. The van der Waals surface area contributed by atoms with Gasteiger partial charge in [-0.2, -0.15) is 0 Å². The number of hydrogen-bond donors (Lipinski definition) is 4.